The van der Waals surface area contributed by atoms with E-state index in [-0.39, 0.29) is 0 Å². The molecule has 2 heterocycles. The summed E-state index contributed by atoms with van der Waals surface area (Å²) in [5, 5.41) is 11.0. The summed E-state index contributed by atoms with van der Waals surface area (Å²) in [5.74, 6) is 0.897. The van der Waals surface area contributed by atoms with Crippen LogP contribution in [0.2, 0.25) is 0 Å². The molecule has 4 nitrogen and oxygen atoms in total. The van der Waals surface area contributed by atoms with Crippen LogP contribution in [0.15, 0.2) is 15.2 Å². The molecule has 0 spiro atoms. The smallest absolute Gasteiger partial charge is 0.156 e. The molecule has 0 saturated heterocycles. The lowest BCUT2D eigenvalue weighted by Crippen LogP contribution is -2.22. The maximum Gasteiger partial charge on any atom is 0.156 e. The van der Waals surface area contributed by atoms with Gasteiger partial charge in [-0.2, -0.15) is 5.10 Å². The van der Waals surface area contributed by atoms with Crippen LogP contribution in [0.25, 0.3) is 0 Å². The molecule has 6 heteroatoms. The Balaban J connectivity index is 2.33. The predicted molar refractivity (Wildman–Crippen MR) is 92.8 cm³/mol. The van der Waals surface area contributed by atoms with E-state index in [1.165, 1.54) is 11.1 Å². The summed E-state index contributed by atoms with van der Waals surface area (Å²) in [6.45, 7) is 5.56. The third-order valence-electron chi connectivity index (χ3n) is 3.54. The SMILES string of the molecule is CCc1nnc(N(C)Cc2csc(Br)c2)c(CN)c1CC. The largest absolute Gasteiger partial charge is 0.354 e. The number of nitrogens with zero attached hydrogens (tertiary/aromatic N) is 3. The van der Waals surface area contributed by atoms with Crippen LogP contribution in [-0.4, -0.2) is 17.2 Å². The Kier molecular flexibility index (Phi) is 5.72. The summed E-state index contributed by atoms with van der Waals surface area (Å²) in [5.41, 5.74) is 10.7. The number of anilines is 1. The first-order valence-electron chi connectivity index (χ1n) is 7.12. The third kappa shape index (κ3) is 3.62. The molecule has 0 fully saturated rings. The van der Waals surface area contributed by atoms with Gasteiger partial charge in [-0.05, 0) is 51.3 Å². The second-order valence-corrected chi connectivity index (χ2v) is 7.24. The van der Waals surface area contributed by atoms with Crippen LogP contribution in [0.3, 0.4) is 0 Å². The summed E-state index contributed by atoms with van der Waals surface area (Å²) < 4.78 is 1.15. The number of aryl methyl sites for hydroxylation is 1. The Morgan fingerprint density at radius 3 is 2.52 bits per heavy atom. The lowest BCUT2D eigenvalue weighted by molar-refractivity contribution is 0.796. The van der Waals surface area contributed by atoms with Crippen molar-refractivity contribution in [2.75, 3.05) is 11.9 Å². The molecule has 0 saturated carbocycles. The number of thiophene rings is 1. The molecule has 0 radical (unpaired) electrons. The maximum atomic E-state index is 5.99. The van der Waals surface area contributed by atoms with E-state index in [4.69, 9.17) is 5.73 Å². The Morgan fingerprint density at radius 2 is 2.00 bits per heavy atom. The Hall–Kier alpha value is -0.980. The highest BCUT2D eigenvalue weighted by atomic mass is 79.9. The highest BCUT2D eigenvalue weighted by molar-refractivity contribution is 9.11. The molecule has 2 N–H and O–H groups in total. The minimum absolute atomic E-state index is 0.499. The van der Waals surface area contributed by atoms with Gasteiger partial charge >= 0.3 is 0 Å². The van der Waals surface area contributed by atoms with Crippen LogP contribution < -0.4 is 10.6 Å². The first-order valence-corrected chi connectivity index (χ1v) is 8.79. The number of hydrogen-bond acceptors (Lipinski definition) is 5. The molecular formula is C15H21BrN4S. The standard InChI is InChI=1S/C15H21BrN4S/c1-4-11-12(7-17)15(19-18-13(11)5-2)20(3)8-10-6-14(16)21-9-10/h6,9H,4-5,7-8,17H2,1-3H3. The molecule has 2 aromatic heterocycles. The quantitative estimate of drug-likeness (QED) is 0.847. The van der Waals surface area contributed by atoms with Crippen LogP contribution in [0.1, 0.15) is 36.2 Å². The van der Waals surface area contributed by atoms with E-state index < -0.39 is 0 Å². The normalized spacial score (nSPS) is 10.9. The fraction of sp³-hybridized carbons (Fsp3) is 0.467. The summed E-state index contributed by atoms with van der Waals surface area (Å²) >= 11 is 5.19. The van der Waals surface area contributed by atoms with E-state index in [9.17, 15) is 0 Å². The molecule has 0 aliphatic carbocycles. The highest BCUT2D eigenvalue weighted by Crippen LogP contribution is 2.26. The van der Waals surface area contributed by atoms with Crippen LogP contribution in [0.5, 0.6) is 0 Å². The molecule has 0 bridgehead atoms. The molecule has 0 atom stereocenters. The average molecular weight is 369 g/mol. The number of nitrogens with two attached hydrogens (primary N) is 1. The molecule has 0 aliphatic heterocycles. The van der Waals surface area contributed by atoms with Gasteiger partial charge in [0.25, 0.3) is 0 Å². The monoisotopic (exact) mass is 368 g/mol. The molecule has 0 aromatic carbocycles. The van der Waals surface area contributed by atoms with Crippen LogP contribution in [-0.2, 0) is 25.9 Å². The highest BCUT2D eigenvalue weighted by Gasteiger charge is 2.16. The summed E-state index contributed by atoms with van der Waals surface area (Å²) in [6.07, 6.45) is 1.83. The van der Waals surface area contributed by atoms with Gasteiger partial charge in [0.2, 0.25) is 0 Å². The van der Waals surface area contributed by atoms with Gasteiger partial charge in [0.15, 0.2) is 5.82 Å². The van der Waals surface area contributed by atoms with Crippen molar-refractivity contribution in [1.29, 1.82) is 0 Å². The zero-order chi connectivity index (χ0) is 15.4. The van der Waals surface area contributed by atoms with E-state index >= 15 is 0 Å². The van der Waals surface area contributed by atoms with Gasteiger partial charge in [0.05, 0.1) is 9.48 Å². The molecule has 0 aliphatic rings. The van der Waals surface area contributed by atoms with E-state index in [2.05, 4.69) is 56.3 Å². The molecule has 21 heavy (non-hydrogen) atoms. The van der Waals surface area contributed by atoms with Crippen molar-refractivity contribution in [3.05, 3.63) is 37.6 Å². The van der Waals surface area contributed by atoms with Crippen LogP contribution in [0, 0.1) is 0 Å². The number of halogens is 1. The van der Waals surface area contributed by atoms with Crippen LogP contribution >= 0.6 is 27.3 Å². The Morgan fingerprint density at radius 1 is 1.24 bits per heavy atom. The van der Waals surface area contributed by atoms with E-state index in [1.807, 2.05) is 7.05 Å². The van der Waals surface area contributed by atoms with Crippen LogP contribution in [0.4, 0.5) is 5.82 Å². The van der Waals surface area contributed by atoms with Crippen molar-refractivity contribution >= 4 is 33.1 Å². The maximum absolute atomic E-state index is 5.99. The lowest BCUT2D eigenvalue weighted by atomic mass is 10.0. The molecule has 2 rings (SSSR count). The van der Waals surface area contributed by atoms with Gasteiger partial charge in [-0.1, -0.05) is 13.8 Å². The zero-order valence-corrected chi connectivity index (χ0v) is 15.1. The number of hydrogen-bond donors (Lipinski definition) is 1. The van der Waals surface area contributed by atoms with Gasteiger partial charge in [-0.25, -0.2) is 0 Å². The zero-order valence-electron chi connectivity index (χ0n) is 12.7. The van der Waals surface area contributed by atoms with Gasteiger partial charge in [0.1, 0.15) is 0 Å². The average Bonchev–Trinajstić information content (AvgIpc) is 2.90. The molecular weight excluding hydrogens is 348 g/mol. The van der Waals surface area contributed by atoms with Crippen molar-refractivity contribution in [1.82, 2.24) is 10.2 Å². The molecule has 2 aromatic rings. The second kappa shape index (κ2) is 7.33. The Labute approximate surface area is 138 Å². The fourth-order valence-electron chi connectivity index (χ4n) is 2.54. The lowest BCUT2D eigenvalue weighted by Gasteiger charge is -2.22. The van der Waals surface area contributed by atoms with Gasteiger partial charge in [-0.3, -0.25) is 0 Å². The van der Waals surface area contributed by atoms with Gasteiger partial charge in [-0.15, -0.1) is 16.4 Å². The van der Waals surface area contributed by atoms with Gasteiger partial charge < -0.3 is 10.6 Å². The minimum atomic E-state index is 0.499. The fourth-order valence-corrected chi connectivity index (χ4v) is 3.74. The summed E-state index contributed by atoms with van der Waals surface area (Å²) in [4.78, 5) is 2.13. The molecule has 114 valence electrons. The van der Waals surface area contributed by atoms with Gasteiger partial charge in [0, 0.05) is 25.7 Å². The van der Waals surface area contributed by atoms with Crippen molar-refractivity contribution in [3.8, 4) is 0 Å². The summed E-state index contributed by atoms with van der Waals surface area (Å²) in [7, 11) is 2.04. The van der Waals surface area contributed by atoms with Crippen molar-refractivity contribution in [2.24, 2.45) is 5.73 Å². The predicted octanol–water partition coefficient (Wildman–Crippen LogP) is 3.52. The molecule has 0 unspecified atom stereocenters. The molecule has 0 amide bonds. The van der Waals surface area contributed by atoms with Crippen molar-refractivity contribution in [2.45, 2.75) is 39.8 Å². The minimum Gasteiger partial charge on any atom is -0.354 e. The topological polar surface area (TPSA) is 55.0 Å². The number of aromatic nitrogens is 2. The Bertz CT molecular complexity index is 612. The van der Waals surface area contributed by atoms with Crippen molar-refractivity contribution < 1.29 is 0 Å². The first kappa shape index (κ1) is 16.4. The first-order chi connectivity index (χ1) is 10.1. The second-order valence-electron chi connectivity index (χ2n) is 4.95. The van der Waals surface area contributed by atoms with E-state index in [0.29, 0.717) is 6.54 Å². The number of rotatable bonds is 6. The summed E-state index contributed by atoms with van der Waals surface area (Å²) in [6, 6.07) is 2.14. The van der Waals surface area contributed by atoms with E-state index in [0.717, 1.165) is 40.2 Å². The van der Waals surface area contributed by atoms with Crippen molar-refractivity contribution in [3.63, 3.8) is 0 Å². The third-order valence-corrected chi connectivity index (χ3v) is 5.10. The van der Waals surface area contributed by atoms with E-state index in [1.54, 1.807) is 11.3 Å².